The van der Waals surface area contributed by atoms with Gasteiger partial charge in [-0.05, 0) is 12.0 Å². The van der Waals surface area contributed by atoms with E-state index in [-0.39, 0.29) is 11.9 Å². The molecule has 0 spiro atoms. The lowest BCUT2D eigenvalue weighted by atomic mass is 9.96. The van der Waals surface area contributed by atoms with Gasteiger partial charge in [-0.3, -0.25) is 4.79 Å². The molecule has 0 fully saturated rings. The molecular formula is C12H12O2. The summed E-state index contributed by atoms with van der Waals surface area (Å²) in [4.78, 5) is 11.5. The third kappa shape index (κ3) is 1.69. The second-order valence-electron chi connectivity index (χ2n) is 3.35. The van der Waals surface area contributed by atoms with Gasteiger partial charge in [-0.1, -0.05) is 42.0 Å². The monoisotopic (exact) mass is 188 g/mol. The van der Waals surface area contributed by atoms with Crippen LogP contribution in [0.15, 0.2) is 42.0 Å². The number of carbonyl (C=O) groups excluding carboxylic acids is 1. The van der Waals surface area contributed by atoms with Gasteiger partial charge in [-0.15, -0.1) is 0 Å². The second kappa shape index (κ2) is 3.66. The Morgan fingerprint density at radius 2 is 2.00 bits per heavy atom. The highest BCUT2D eigenvalue weighted by molar-refractivity contribution is 5.83. The van der Waals surface area contributed by atoms with Gasteiger partial charge in [-0.2, -0.15) is 0 Å². The number of ether oxygens (including phenoxy) is 1. The van der Waals surface area contributed by atoms with Crippen LogP contribution in [0, 0.1) is 0 Å². The average Bonchev–Trinajstić information content (AvgIpc) is 3.04. The molecule has 14 heavy (non-hydrogen) atoms. The Morgan fingerprint density at radius 1 is 1.36 bits per heavy atom. The van der Waals surface area contributed by atoms with Gasteiger partial charge in [-0.25, -0.2) is 0 Å². The Kier molecular flexibility index (Phi) is 2.35. The number of carbonyl (C=O) groups is 1. The standard InChI is InChI=1S/C12H12O2/c1-14-12(13)11(10-7-8-10)9-5-3-2-4-6-9/h2-7,11H,8H2,1H3. The average molecular weight is 188 g/mol. The molecule has 72 valence electrons. The summed E-state index contributed by atoms with van der Waals surface area (Å²) in [5.41, 5.74) is 2.19. The van der Waals surface area contributed by atoms with Crippen LogP contribution >= 0.6 is 0 Å². The summed E-state index contributed by atoms with van der Waals surface area (Å²) in [6.07, 6.45) is 3.00. The van der Waals surface area contributed by atoms with Gasteiger partial charge >= 0.3 is 5.97 Å². The van der Waals surface area contributed by atoms with Gasteiger partial charge in [0.2, 0.25) is 0 Å². The minimum absolute atomic E-state index is 0.167. The number of hydrogen-bond acceptors (Lipinski definition) is 2. The maximum absolute atomic E-state index is 11.5. The Bertz CT molecular complexity index is 365. The van der Waals surface area contributed by atoms with Crippen molar-refractivity contribution in [2.45, 2.75) is 12.3 Å². The van der Waals surface area contributed by atoms with E-state index in [1.807, 2.05) is 30.3 Å². The first-order valence-electron chi connectivity index (χ1n) is 4.64. The van der Waals surface area contributed by atoms with E-state index < -0.39 is 0 Å². The maximum atomic E-state index is 11.5. The molecule has 0 N–H and O–H groups in total. The van der Waals surface area contributed by atoms with Crippen molar-refractivity contribution in [1.29, 1.82) is 0 Å². The Morgan fingerprint density at radius 3 is 2.50 bits per heavy atom. The van der Waals surface area contributed by atoms with Crippen molar-refractivity contribution in [1.82, 2.24) is 0 Å². The molecule has 1 aliphatic rings. The Balaban J connectivity index is 2.28. The molecule has 0 amide bonds. The van der Waals surface area contributed by atoms with Crippen LogP contribution in [-0.4, -0.2) is 13.1 Å². The largest absolute Gasteiger partial charge is 0.468 e. The van der Waals surface area contributed by atoms with Crippen LogP contribution < -0.4 is 0 Å². The molecule has 0 aromatic heterocycles. The molecule has 2 rings (SSSR count). The van der Waals surface area contributed by atoms with Crippen molar-refractivity contribution in [3.05, 3.63) is 47.5 Å². The highest BCUT2D eigenvalue weighted by atomic mass is 16.5. The summed E-state index contributed by atoms with van der Waals surface area (Å²) in [5, 5.41) is 0. The summed E-state index contributed by atoms with van der Waals surface area (Å²) >= 11 is 0. The van der Waals surface area contributed by atoms with Crippen LogP contribution in [-0.2, 0) is 9.53 Å². The van der Waals surface area contributed by atoms with E-state index in [1.165, 1.54) is 12.7 Å². The van der Waals surface area contributed by atoms with Crippen LogP contribution in [0.3, 0.4) is 0 Å². The van der Waals surface area contributed by atoms with E-state index in [0.717, 1.165) is 12.0 Å². The highest BCUT2D eigenvalue weighted by Crippen LogP contribution is 2.36. The normalized spacial score (nSPS) is 15.6. The summed E-state index contributed by atoms with van der Waals surface area (Å²) in [5.74, 6) is -0.346. The summed E-state index contributed by atoms with van der Waals surface area (Å²) in [7, 11) is 1.43. The molecule has 0 saturated heterocycles. The third-order valence-electron chi connectivity index (χ3n) is 2.38. The van der Waals surface area contributed by atoms with Crippen molar-refractivity contribution in [3.63, 3.8) is 0 Å². The molecule has 1 unspecified atom stereocenters. The quantitative estimate of drug-likeness (QED) is 0.537. The van der Waals surface area contributed by atoms with Crippen LogP contribution in [0.5, 0.6) is 0 Å². The molecule has 0 saturated carbocycles. The van der Waals surface area contributed by atoms with E-state index in [0.29, 0.717) is 0 Å². The summed E-state index contributed by atoms with van der Waals surface area (Å²) in [6.45, 7) is 0. The zero-order valence-corrected chi connectivity index (χ0v) is 8.07. The predicted molar refractivity (Wildman–Crippen MR) is 53.9 cm³/mol. The van der Waals surface area contributed by atoms with Gasteiger partial charge in [0.1, 0.15) is 5.92 Å². The fraction of sp³-hybridized carbons (Fsp3) is 0.250. The molecule has 1 aromatic carbocycles. The fourth-order valence-corrected chi connectivity index (χ4v) is 1.56. The van der Waals surface area contributed by atoms with Gasteiger partial charge in [0.25, 0.3) is 0 Å². The number of hydrogen-bond donors (Lipinski definition) is 0. The van der Waals surface area contributed by atoms with Gasteiger partial charge in [0.05, 0.1) is 7.11 Å². The first kappa shape index (κ1) is 9.00. The molecule has 0 aliphatic heterocycles. The lowest BCUT2D eigenvalue weighted by molar-refractivity contribution is -0.141. The van der Waals surface area contributed by atoms with Crippen molar-refractivity contribution < 1.29 is 9.53 Å². The zero-order valence-electron chi connectivity index (χ0n) is 8.07. The summed E-state index contributed by atoms with van der Waals surface area (Å²) < 4.78 is 4.79. The molecule has 1 atom stereocenters. The van der Waals surface area contributed by atoms with E-state index in [2.05, 4.69) is 6.08 Å². The van der Waals surface area contributed by atoms with Gasteiger partial charge < -0.3 is 4.74 Å². The van der Waals surface area contributed by atoms with E-state index in [1.54, 1.807) is 0 Å². The highest BCUT2D eigenvalue weighted by Gasteiger charge is 2.29. The minimum atomic E-state index is -0.179. The minimum Gasteiger partial charge on any atom is -0.468 e. The lowest BCUT2D eigenvalue weighted by Crippen LogP contribution is -2.13. The molecule has 1 aliphatic carbocycles. The van der Waals surface area contributed by atoms with E-state index in [4.69, 9.17) is 4.74 Å². The molecule has 0 bridgehead atoms. The van der Waals surface area contributed by atoms with Crippen molar-refractivity contribution >= 4 is 5.97 Å². The molecule has 0 heterocycles. The Hall–Kier alpha value is -1.57. The summed E-state index contributed by atoms with van der Waals surface area (Å²) in [6, 6.07) is 9.74. The molecular weight excluding hydrogens is 176 g/mol. The number of allylic oxidation sites excluding steroid dienone is 1. The van der Waals surface area contributed by atoms with Gasteiger partial charge in [0, 0.05) is 0 Å². The third-order valence-corrected chi connectivity index (χ3v) is 2.38. The SMILES string of the molecule is COC(=O)C(C1=CC1)c1ccccc1. The molecule has 2 heteroatoms. The van der Waals surface area contributed by atoms with Crippen molar-refractivity contribution in [2.24, 2.45) is 0 Å². The van der Waals surface area contributed by atoms with Crippen molar-refractivity contribution in [3.8, 4) is 0 Å². The van der Waals surface area contributed by atoms with E-state index >= 15 is 0 Å². The predicted octanol–water partition coefficient (Wildman–Crippen LogP) is 2.27. The van der Waals surface area contributed by atoms with Crippen LogP contribution in [0.2, 0.25) is 0 Å². The van der Waals surface area contributed by atoms with Crippen LogP contribution in [0.25, 0.3) is 0 Å². The van der Waals surface area contributed by atoms with Crippen LogP contribution in [0.4, 0.5) is 0 Å². The number of esters is 1. The topological polar surface area (TPSA) is 26.3 Å². The molecule has 1 aromatic rings. The zero-order chi connectivity index (χ0) is 9.97. The first-order valence-corrected chi connectivity index (χ1v) is 4.64. The Labute approximate surface area is 83.2 Å². The molecule has 0 radical (unpaired) electrons. The smallest absolute Gasteiger partial charge is 0.317 e. The number of rotatable bonds is 3. The lowest BCUT2D eigenvalue weighted by Gasteiger charge is -2.11. The number of benzene rings is 1. The van der Waals surface area contributed by atoms with E-state index in [9.17, 15) is 4.79 Å². The van der Waals surface area contributed by atoms with Crippen LogP contribution in [0.1, 0.15) is 17.9 Å². The molecule has 2 nitrogen and oxygen atoms in total. The first-order chi connectivity index (χ1) is 6.83. The number of methoxy groups -OCH3 is 1. The maximum Gasteiger partial charge on any atom is 0.317 e. The van der Waals surface area contributed by atoms with Gasteiger partial charge in [0.15, 0.2) is 0 Å². The second-order valence-corrected chi connectivity index (χ2v) is 3.35. The van der Waals surface area contributed by atoms with Crippen molar-refractivity contribution in [2.75, 3.05) is 7.11 Å². The fourth-order valence-electron chi connectivity index (χ4n) is 1.56.